The summed E-state index contributed by atoms with van der Waals surface area (Å²) in [6.45, 7) is 0.426. The molecule has 0 radical (unpaired) electrons. The predicted molar refractivity (Wildman–Crippen MR) is 83.0 cm³/mol. The molecular formula is C18H12F4N2O. The van der Waals surface area contributed by atoms with Crippen molar-refractivity contribution in [1.29, 1.82) is 0 Å². The number of carbonyl (C=O) groups is 1. The molecule has 0 saturated carbocycles. The Labute approximate surface area is 139 Å². The Morgan fingerprint density at radius 3 is 2.64 bits per heavy atom. The van der Waals surface area contributed by atoms with Crippen molar-refractivity contribution < 1.29 is 22.4 Å². The molecule has 0 aliphatic carbocycles. The van der Waals surface area contributed by atoms with Crippen LogP contribution in [-0.4, -0.2) is 22.3 Å². The maximum Gasteiger partial charge on any atom is 0.257 e. The number of hydrogen-bond acceptors (Lipinski definition) is 1. The van der Waals surface area contributed by atoms with Gasteiger partial charge in [-0.3, -0.25) is 4.79 Å². The number of nitrogens with zero attached hydrogens (tertiary/aromatic N) is 1. The largest absolute Gasteiger partial charge is 0.358 e. The summed E-state index contributed by atoms with van der Waals surface area (Å²) in [5, 5.41) is 0.651. The van der Waals surface area contributed by atoms with Crippen molar-refractivity contribution >= 4 is 16.8 Å². The van der Waals surface area contributed by atoms with Gasteiger partial charge in [-0.1, -0.05) is 0 Å². The zero-order chi connectivity index (χ0) is 17.7. The van der Waals surface area contributed by atoms with Crippen molar-refractivity contribution in [3.8, 4) is 0 Å². The van der Waals surface area contributed by atoms with Gasteiger partial charge < -0.3 is 9.88 Å². The number of aromatic amines is 1. The van der Waals surface area contributed by atoms with Crippen LogP contribution in [0.15, 0.2) is 30.3 Å². The van der Waals surface area contributed by atoms with Gasteiger partial charge in [0.1, 0.15) is 5.82 Å². The summed E-state index contributed by atoms with van der Waals surface area (Å²) in [5.74, 6) is -5.64. The van der Waals surface area contributed by atoms with Crippen LogP contribution in [0.2, 0.25) is 0 Å². The lowest BCUT2D eigenvalue weighted by atomic mass is 10.0. The first-order chi connectivity index (χ1) is 12.0. The van der Waals surface area contributed by atoms with E-state index in [1.807, 2.05) is 0 Å². The number of H-pyrrole nitrogens is 1. The first-order valence-electron chi connectivity index (χ1n) is 7.67. The van der Waals surface area contributed by atoms with Crippen LogP contribution in [0, 0.1) is 23.3 Å². The molecule has 128 valence electrons. The highest BCUT2D eigenvalue weighted by atomic mass is 19.2. The van der Waals surface area contributed by atoms with Crippen molar-refractivity contribution in [3.63, 3.8) is 0 Å². The molecule has 2 heterocycles. The Hall–Kier alpha value is -2.83. The molecule has 1 aliphatic rings. The third-order valence-electron chi connectivity index (χ3n) is 4.49. The number of amides is 1. The molecule has 2 aromatic carbocycles. The van der Waals surface area contributed by atoms with Crippen LogP contribution in [0.3, 0.4) is 0 Å². The van der Waals surface area contributed by atoms with Crippen molar-refractivity contribution in [2.45, 2.75) is 13.0 Å². The standard InChI is InChI=1S/C18H12F4N2O/c19-9-1-4-14-11(7-9)12-8-24(6-5-15(12)23-14)18(25)10-2-3-13(20)17(22)16(10)21/h1-4,7,23H,5-6,8H2. The summed E-state index contributed by atoms with van der Waals surface area (Å²) in [4.78, 5) is 17.1. The van der Waals surface area contributed by atoms with E-state index in [4.69, 9.17) is 0 Å². The van der Waals surface area contributed by atoms with E-state index in [1.54, 1.807) is 6.07 Å². The molecular weight excluding hydrogens is 336 g/mol. The van der Waals surface area contributed by atoms with Crippen LogP contribution < -0.4 is 0 Å². The van der Waals surface area contributed by atoms with Gasteiger partial charge >= 0.3 is 0 Å². The lowest BCUT2D eigenvalue weighted by Gasteiger charge is -2.27. The van der Waals surface area contributed by atoms with E-state index < -0.39 is 34.7 Å². The van der Waals surface area contributed by atoms with Gasteiger partial charge in [0.2, 0.25) is 0 Å². The first-order valence-corrected chi connectivity index (χ1v) is 7.67. The Morgan fingerprint density at radius 2 is 1.84 bits per heavy atom. The average molecular weight is 348 g/mol. The van der Waals surface area contributed by atoms with Crippen LogP contribution in [0.5, 0.6) is 0 Å². The predicted octanol–water partition coefficient (Wildman–Crippen LogP) is 3.92. The molecule has 0 saturated heterocycles. The second kappa shape index (κ2) is 5.61. The third-order valence-corrected chi connectivity index (χ3v) is 4.49. The number of carbonyl (C=O) groups excluding carboxylic acids is 1. The maximum absolute atomic E-state index is 13.9. The number of nitrogens with one attached hydrogen (secondary N) is 1. The van der Waals surface area contributed by atoms with Gasteiger partial charge in [0.05, 0.1) is 5.56 Å². The molecule has 0 unspecified atom stereocenters. The van der Waals surface area contributed by atoms with E-state index in [2.05, 4.69) is 4.98 Å². The monoisotopic (exact) mass is 348 g/mol. The van der Waals surface area contributed by atoms with E-state index >= 15 is 0 Å². The van der Waals surface area contributed by atoms with Gasteiger partial charge in [-0.05, 0) is 30.3 Å². The lowest BCUT2D eigenvalue weighted by Crippen LogP contribution is -2.36. The van der Waals surface area contributed by atoms with Crippen molar-refractivity contribution in [1.82, 2.24) is 9.88 Å². The quantitative estimate of drug-likeness (QED) is 0.525. The molecule has 3 nitrogen and oxygen atoms in total. The van der Waals surface area contributed by atoms with Crippen LogP contribution in [0.25, 0.3) is 10.9 Å². The molecule has 0 fully saturated rings. The van der Waals surface area contributed by atoms with Gasteiger partial charge in [-0.2, -0.15) is 0 Å². The summed E-state index contributed by atoms with van der Waals surface area (Å²) in [7, 11) is 0. The second-order valence-corrected chi connectivity index (χ2v) is 5.97. The highest BCUT2D eigenvalue weighted by Gasteiger charge is 2.28. The van der Waals surface area contributed by atoms with Crippen LogP contribution in [-0.2, 0) is 13.0 Å². The molecule has 0 bridgehead atoms. The van der Waals surface area contributed by atoms with E-state index in [1.165, 1.54) is 17.0 Å². The number of hydrogen-bond donors (Lipinski definition) is 1. The minimum atomic E-state index is -1.67. The van der Waals surface area contributed by atoms with Crippen molar-refractivity contribution in [2.75, 3.05) is 6.54 Å². The van der Waals surface area contributed by atoms with Crippen LogP contribution in [0.1, 0.15) is 21.6 Å². The van der Waals surface area contributed by atoms with Crippen molar-refractivity contribution in [3.05, 3.63) is 70.4 Å². The van der Waals surface area contributed by atoms with E-state index in [9.17, 15) is 22.4 Å². The van der Waals surface area contributed by atoms with E-state index in [-0.39, 0.29) is 6.54 Å². The molecule has 1 aliphatic heterocycles. The molecule has 1 aromatic heterocycles. The molecule has 4 rings (SSSR count). The normalized spacial score (nSPS) is 14.0. The molecule has 7 heteroatoms. The Morgan fingerprint density at radius 1 is 1.04 bits per heavy atom. The summed E-state index contributed by atoms with van der Waals surface area (Å²) in [5.41, 5.74) is 1.86. The van der Waals surface area contributed by atoms with Gasteiger partial charge in [-0.25, -0.2) is 17.6 Å². The fourth-order valence-corrected chi connectivity index (χ4v) is 3.22. The fraction of sp³-hybridized carbons (Fsp3) is 0.167. The number of halogens is 4. The SMILES string of the molecule is O=C(c1ccc(F)c(F)c1F)N1CCc2[nH]c3ccc(F)cc3c2C1. The fourth-order valence-electron chi connectivity index (χ4n) is 3.22. The molecule has 0 atom stereocenters. The topological polar surface area (TPSA) is 36.1 Å². The van der Waals surface area contributed by atoms with Gasteiger partial charge in [0.25, 0.3) is 5.91 Å². The minimum Gasteiger partial charge on any atom is -0.358 e. The summed E-state index contributed by atoms with van der Waals surface area (Å²) < 4.78 is 53.9. The second-order valence-electron chi connectivity index (χ2n) is 5.97. The van der Waals surface area contributed by atoms with E-state index in [0.29, 0.717) is 18.4 Å². The molecule has 25 heavy (non-hydrogen) atoms. The Bertz CT molecular complexity index is 1010. The lowest BCUT2D eigenvalue weighted by molar-refractivity contribution is 0.0729. The number of rotatable bonds is 1. The smallest absolute Gasteiger partial charge is 0.257 e. The van der Waals surface area contributed by atoms with Gasteiger partial charge in [0.15, 0.2) is 17.5 Å². The number of fused-ring (bicyclic) bond motifs is 3. The number of aromatic nitrogens is 1. The summed E-state index contributed by atoms with van der Waals surface area (Å²) in [6.07, 6.45) is 0.475. The molecule has 1 amide bonds. The minimum absolute atomic E-state index is 0.135. The summed E-state index contributed by atoms with van der Waals surface area (Å²) >= 11 is 0. The van der Waals surface area contributed by atoms with Crippen LogP contribution in [0.4, 0.5) is 17.6 Å². The zero-order valence-electron chi connectivity index (χ0n) is 12.9. The van der Waals surface area contributed by atoms with E-state index in [0.717, 1.165) is 28.9 Å². The number of benzene rings is 2. The molecule has 0 spiro atoms. The Kier molecular flexibility index (Phi) is 3.52. The van der Waals surface area contributed by atoms with Crippen molar-refractivity contribution in [2.24, 2.45) is 0 Å². The highest BCUT2D eigenvalue weighted by Crippen LogP contribution is 2.29. The maximum atomic E-state index is 13.9. The average Bonchev–Trinajstić information content (AvgIpc) is 2.96. The highest BCUT2D eigenvalue weighted by molar-refractivity contribution is 5.95. The third kappa shape index (κ3) is 2.47. The van der Waals surface area contributed by atoms with Gasteiger partial charge in [0, 0.05) is 41.7 Å². The van der Waals surface area contributed by atoms with Crippen LogP contribution >= 0.6 is 0 Å². The van der Waals surface area contributed by atoms with Gasteiger partial charge in [-0.15, -0.1) is 0 Å². The summed E-state index contributed by atoms with van der Waals surface area (Å²) in [6, 6.07) is 5.98. The Balaban J connectivity index is 1.70. The molecule has 1 N–H and O–H groups in total. The molecule has 3 aromatic rings. The first kappa shape index (κ1) is 15.7. The zero-order valence-corrected chi connectivity index (χ0v) is 12.9.